The number of oxime groups is 1. The minimum Gasteiger partial charge on any atom is -0.455 e. The zero-order valence-electron chi connectivity index (χ0n) is 13.6. The molecule has 0 aliphatic heterocycles. The summed E-state index contributed by atoms with van der Waals surface area (Å²) >= 11 is 0. The van der Waals surface area contributed by atoms with E-state index in [2.05, 4.69) is 10.5 Å². The minimum atomic E-state index is -1.66. The summed E-state index contributed by atoms with van der Waals surface area (Å²) in [6.45, 7) is 1.08. The van der Waals surface area contributed by atoms with Crippen LogP contribution < -0.4 is 5.32 Å². The van der Waals surface area contributed by atoms with Crippen LogP contribution >= 0.6 is 0 Å². The molecule has 1 N–H and O–H groups in total. The second-order valence-corrected chi connectivity index (χ2v) is 5.37. The van der Waals surface area contributed by atoms with Crippen LogP contribution in [-0.2, 0) is 9.63 Å². The number of anilines is 1. The maximum atomic E-state index is 13.5. The topological polar surface area (TPSA) is 63.8 Å². The average molecular weight is 362 g/mol. The number of amides is 1. The van der Waals surface area contributed by atoms with Crippen molar-refractivity contribution in [3.05, 3.63) is 65.7 Å². The van der Waals surface area contributed by atoms with E-state index in [1.54, 1.807) is 19.1 Å². The first-order valence-corrected chi connectivity index (χ1v) is 7.54. The molecule has 3 aromatic rings. The lowest BCUT2D eigenvalue weighted by Crippen LogP contribution is -2.18. The molecule has 2 aromatic carbocycles. The van der Waals surface area contributed by atoms with Crippen molar-refractivity contribution in [3.63, 3.8) is 0 Å². The standard InChI is InChI=1S/C18H13F3N2O3/c1-10(15-8-11-4-2-3-5-14(11)26-15)23-25-9-16(24)22-13-7-6-12(19)17(20)18(13)21/h2-8H,9H2,1H3,(H,22,24). The molecule has 134 valence electrons. The van der Waals surface area contributed by atoms with Gasteiger partial charge in [0.15, 0.2) is 29.8 Å². The summed E-state index contributed by atoms with van der Waals surface area (Å²) in [5.41, 5.74) is 0.590. The Morgan fingerprint density at radius 2 is 1.92 bits per heavy atom. The summed E-state index contributed by atoms with van der Waals surface area (Å²) in [5.74, 6) is -4.81. The summed E-state index contributed by atoms with van der Waals surface area (Å²) < 4.78 is 45.0. The molecule has 1 heterocycles. The van der Waals surface area contributed by atoms with Crippen molar-refractivity contribution in [2.75, 3.05) is 11.9 Å². The molecule has 0 aliphatic carbocycles. The third kappa shape index (κ3) is 3.69. The molecule has 1 amide bonds. The molecule has 0 spiro atoms. The molecule has 1 aromatic heterocycles. The third-order valence-electron chi connectivity index (χ3n) is 3.49. The number of benzene rings is 2. The molecule has 0 fully saturated rings. The van der Waals surface area contributed by atoms with Gasteiger partial charge in [0, 0.05) is 5.39 Å². The van der Waals surface area contributed by atoms with Crippen LogP contribution in [0.2, 0.25) is 0 Å². The van der Waals surface area contributed by atoms with Gasteiger partial charge in [-0.3, -0.25) is 4.79 Å². The van der Waals surface area contributed by atoms with Gasteiger partial charge in [0.1, 0.15) is 11.3 Å². The zero-order valence-corrected chi connectivity index (χ0v) is 13.6. The van der Waals surface area contributed by atoms with Crippen molar-refractivity contribution in [1.82, 2.24) is 0 Å². The molecule has 3 rings (SSSR count). The number of nitrogens with one attached hydrogen (secondary N) is 1. The van der Waals surface area contributed by atoms with Crippen LogP contribution in [0.5, 0.6) is 0 Å². The molecule has 0 bridgehead atoms. The van der Waals surface area contributed by atoms with Gasteiger partial charge in [-0.1, -0.05) is 23.4 Å². The number of hydrogen-bond acceptors (Lipinski definition) is 4. The van der Waals surface area contributed by atoms with Gasteiger partial charge in [-0.25, -0.2) is 13.2 Å². The smallest absolute Gasteiger partial charge is 0.265 e. The quantitative estimate of drug-likeness (QED) is 0.420. The Balaban J connectivity index is 1.60. The van der Waals surface area contributed by atoms with Crippen molar-refractivity contribution in [2.24, 2.45) is 5.16 Å². The molecule has 0 unspecified atom stereocenters. The first-order valence-electron chi connectivity index (χ1n) is 7.54. The van der Waals surface area contributed by atoms with Gasteiger partial charge >= 0.3 is 0 Å². The van der Waals surface area contributed by atoms with Crippen molar-refractivity contribution < 1.29 is 27.2 Å². The fourth-order valence-corrected chi connectivity index (χ4v) is 2.20. The second-order valence-electron chi connectivity index (χ2n) is 5.37. The molecule has 0 atom stereocenters. The monoisotopic (exact) mass is 362 g/mol. The fraction of sp³-hybridized carbons (Fsp3) is 0.111. The number of carbonyl (C=O) groups is 1. The van der Waals surface area contributed by atoms with E-state index in [1.807, 2.05) is 18.2 Å². The van der Waals surface area contributed by atoms with Crippen LogP contribution in [-0.4, -0.2) is 18.2 Å². The predicted molar refractivity (Wildman–Crippen MR) is 89.3 cm³/mol. The molecule has 5 nitrogen and oxygen atoms in total. The van der Waals surface area contributed by atoms with E-state index in [1.165, 1.54) is 0 Å². The Hall–Kier alpha value is -3.29. The summed E-state index contributed by atoms with van der Waals surface area (Å²) in [4.78, 5) is 16.6. The fourth-order valence-electron chi connectivity index (χ4n) is 2.20. The maximum absolute atomic E-state index is 13.5. The Bertz CT molecular complexity index is 966. The molecule has 8 heteroatoms. The van der Waals surface area contributed by atoms with Crippen LogP contribution in [0.1, 0.15) is 12.7 Å². The highest BCUT2D eigenvalue weighted by atomic mass is 19.2. The Labute approximate surface area is 146 Å². The maximum Gasteiger partial charge on any atom is 0.265 e. The van der Waals surface area contributed by atoms with Crippen molar-refractivity contribution in [1.29, 1.82) is 0 Å². The summed E-state index contributed by atoms with van der Waals surface area (Å²) in [7, 11) is 0. The van der Waals surface area contributed by atoms with Crippen molar-refractivity contribution >= 4 is 28.3 Å². The van der Waals surface area contributed by atoms with E-state index < -0.39 is 35.7 Å². The highest BCUT2D eigenvalue weighted by molar-refractivity contribution is 5.99. The van der Waals surface area contributed by atoms with E-state index in [4.69, 9.17) is 9.25 Å². The van der Waals surface area contributed by atoms with Gasteiger partial charge in [-0.2, -0.15) is 0 Å². The van der Waals surface area contributed by atoms with Crippen LogP contribution in [0, 0.1) is 17.5 Å². The van der Waals surface area contributed by atoms with Gasteiger partial charge < -0.3 is 14.6 Å². The lowest BCUT2D eigenvalue weighted by Gasteiger charge is -2.06. The van der Waals surface area contributed by atoms with E-state index in [0.717, 1.165) is 11.5 Å². The lowest BCUT2D eigenvalue weighted by atomic mass is 10.2. The van der Waals surface area contributed by atoms with Crippen LogP contribution in [0.25, 0.3) is 11.0 Å². The lowest BCUT2D eigenvalue weighted by molar-refractivity contribution is -0.120. The Morgan fingerprint density at radius 3 is 2.69 bits per heavy atom. The number of carbonyl (C=O) groups excluding carboxylic acids is 1. The van der Waals surface area contributed by atoms with Gasteiger partial charge in [0.2, 0.25) is 0 Å². The van der Waals surface area contributed by atoms with Gasteiger partial charge in [-0.05, 0) is 31.2 Å². The highest BCUT2D eigenvalue weighted by Crippen LogP contribution is 2.20. The zero-order chi connectivity index (χ0) is 18.7. The summed E-state index contributed by atoms with van der Waals surface area (Å²) in [5, 5.41) is 6.73. The number of nitrogens with zero attached hydrogens (tertiary/aromatic N) is 1. The first-order chi connectivity index (χ1) is 12.5. The number of para-hydroxylation sites is 1. The molecule has 0 saturated carbocycles. The van der Waals surface area contributed by atoms with Crippen LogP contribution in [0.3, 0.4) is 0 Å². The third-order valence-corrected chi connectivity index (χ3v) is 3.49. The van der Waals surface area contributed by atoms with Gasteiger partial charge in [0.05, 0.1) is 5.69 Å². The molecule has 0 radical (unpaired) electrons. The summed E-state index contributed by atoms with van der Waals surface area (Å²) in [6, 6.07) is 10.8. The Kier molecular flexibility index (Phi) is 4.92. The number of rotatable bonds is 5. The van der Waals surface area contributed by atoms with Crippen molar-refractivity contribution in [2.45, 2.75) is 6.92 Å². The number of halogens is 3. The van der Waals surface area contributed by atoms with E-state index >= 15 is 0 Å². The molecule has 0 aliphatic rings. The van der Waals surface area contributed by atoms with Crippen molar-refractivity contribution in [3.8, 4) is 0 Å². The second kappa shape index (κ2) is 7.30. The SMILES string of the molecule is CC(=NOCC(=O)Nc1ccc(F)c(F)c1F)c1cc2ccccc2o1. The first kappa shape index (κ1) is 17.5. The molecule has 0 saturated heterocycles. The average Bonchev–Trinajstić information content (AvgIpc) is 3.06. The number of furan rings is 1. The normalized spacial score (nSPS) is 11.6. The van der Waals surface area contributed by atoms with E-state index in [9.17, 15) is 18.0 Å². The molecule has 26 heavy (non-hydrogen) atoms. The van der Waals surface area contributed by atoms with E-state index in [-0.39, 0.29) is 0 Å². The minimum absolute atomic E-state index is 0.396. The van der Waals surface area contributed by atoms with E-state index in [0.29, 0.717) is 23.1 Å². The van der Waals surface area contributed by atoms with Crippen LogP contribution in [0.4, 0.5) is 18.9 Å². The molecular formula is C18H13F3N2O3. The van der Waals surface area contributed by atoms with Gasteiger partial charge in [-0.15, -0.1) is 0 Å². The largest absolute Gasteiger partial charge is 0.455 e. The van der Waals surface area contributed by atoms with Crippen LogP contribution in [0.15, 0.2) is 52.0 Å². The predicted octanol–water partition coefficient (Wildman–Crippen LogP) is 4.23. The Morgan fingerprint density at radius 1 is 1.15 bits per heavy atom. The highest BCUT2D eigenvalue weighted by Gasteiger charge is 2.15. The number of hydrogen-bond donors (Lipinski definition) is 1. The van der Waals surface area contributed by atoms with Gasteiger partial charge in [0.25, 0.3) is 5.91 Å². The summed E-state index contributed by atoms with van der Waals surface area (Å²) in [6.07, 6.45) is 0. The number of fused-ring (bicyclic) bond motifs is 1. The molecular weight excluding hydrogens is 349 g/mol.